The zero-order chi connectivity index (χ0) is 11.5. The first-order valence-electron chi connectivity index (χ1n) is 5.37. The monoisotopic (exact) mass is 279 g/mol. The summed E-state index contributed by atoms with van der Waals surface area (Å²) in [6.07, 6.45) is 2.96. The Labute approximate surface area is 104 Å². The standard InChI is InChI=1S/C12H14BrN3/c1-3-10-6-4-5-7-12(10)16-8-11(9(2)13)14-15-16/h4-9H,3H2,1-2H3. The van der Waals surface area contributed by atoms with E-state index < -0.39 is 0 Å². The maximum Gasteiger partial charge on any atom is 0.0965 e. The maximum absolute atomic E-state index is 4.15. The van der Waals surface area contributed by atoms with Crippen molar-refractivity contribution in [2.24, 2.45) is 0 Å². The lowest BCUT2D eigenvalue weighted by molar-refractivity contribution is 0.789. The second kappa shape index (κ2) is 4.78. The van der Waals surface area contributed by atoms with Crippen LogP contribution in [0.1, 0.15) is 29.9 Å². The minimum Gasteiger partial charge on any atom is -0.220 e. The molecule has 84 valence electrons. The number of alkyl halides is 1. The largest absolute Gasteiger partial charge is 0.220 e. The van der Waals surface area contributed by atoms with E-state index in [1.807, 2.05) is 29.9 Å². The minimum atomic E-state index is 0.232. The number of hydrogen-bond acceptors (Lipinski definition) is 2. The average molecular weight is 280 g/mol. The number of halogens is 1. The first-order chi connectivity index (χ1) is 7.72. The molecule has 0 bridgehead atoms. The highest BCUT2D eigenvalue weighted by atomic mass is 79.9. The quantitative estimate of drug-likeness (QED) is 0.808. The molecule has 0 spiro atoms. The van der Waals surface area contributed by atoms with Gasteiger partial charge in [-0.1, -0.05) is 46.3 Å². The predicted octanol–water partition coefficient (Wildman–Crippen LogP) is 3.29. The molecule has 0 aliphatic carbocycles. The topological polar surface area (TPSA) is 30.7 Å². The van der Waals surface area contributed by atoms with Crippen LogP contribution in [0.15, 0.2) is 30.5 Å². The van der Waals surface area contributed by atoms with Gasteiger partial charge in [0.2, 0.25) is 0 Å². The molecule has 3 nitrogen and oxygen atoms in total. The summed E-state index contributed by atoms with van der Waals surface area (Å²) < 4.78 is 1.84. The minimum absolute atomic E-state index is 0.232. The van der Waals surface area contributed by atoms with Crippen molar-refractivity contribution in [3.05, 3.63) is 41.7 Å². The molecule has 1 atom stereocenters. The Kier molecular flexibility index (Phi) is 3.39. The number of para-hydroxylation sites is 1. The predicted molar refractivity (Wildman–Crippen MR) is 68.1 cm³/mol. The van der Waals surface area contributed by atoms with E-state index in [4.69, 9.17) is 0 Å². The lowest BCUT2D eigenvalue weighted by Crippen LogP contribution is -1.99. The van der Waals surface area contributed by atoms with Crippen molar-refractivity contribution in [2.75, 3.05) is 0 Å². The van der Waals surface area contributed by atoms with Gasteiger partial charge in [0.15, 0.2) is 0 Å². The molecule has 0 fully saturated rings. The van der Waals surface area contributed by atoms with Crippen molar-refractivity contribution < 1.29 is 0 Å². The summed E-state index contributed by atoms with van der Waals surface area (Å²) in [4.78, 5) is 0.232. The van der Waals surface area contributed by atoms with Gasteiger partial charge in [0.25, 0.3) is 0 Å². The SMILES string of the molecule is CCc1ccccc1-n1cc(C(C)Br)nn1. The van der Waals surface area contributed by atoms with Crippen molar-refractivity contribution in [1.29, 1.82) is 0 Å². The van der Waals surface area contributed by atoms with E-state index in [9.17, 15) is 0 Å². The van der Waals surface area contributed by atoms with Crippen molar-refractivity contribution in [3.8, 4) is 5.69 Å². The Morgan fingerprint density at radius 1 is 1.38 bits per heavy atom. The molecule has 16 heavy (non-hydrogen) atoms. The van der Waals surface area contributed by atoms with Crippen LogP contribution in [0.25, 0.3) is 5.69 Å². The summed E-state index contributed by atoms with van der Waals surface area (Å²) in [6.45, 7) is 4.18. The number of nitrogens with zero attached hydrogens (tertiary/aromatic N) is 3. The van der Waals surface area contributed by atoms with Crippen molar-refractivity contribution in [1.82, 2.24) is 15.0 Å². The molecule has 0 N–H and O–H groups in total. The highest BCUT2D eigenvalue weighted by Gasteiger charge is 2.09. The number of hydrogen-bond donors (Lipinski definition) is 0. The molecule has 0 aliphatic rings. The molecule has 0 aliphatic heterocycles. The lowest BCUT2D eigenvalue weighted by Gasteiger charge is -2.05. The molecule has 0 saturated heterocycles. The summed E-state index contributed by atoms with van der Waals surface area (Å²) in [5, 5.41) is 8.29. The number of rotatable bonds is 3. The van der Waals surface area contributed by atoms with Crippen LogP contribution in [0.4, 0.5) is 0 Å². The Morgan fingerprint density at radius 2 is 2.12 bits per heavy atom. The second-order valence-corrected chi connectivity index (χ2v) is 5.06. The van der Waals surface area contributed by atoms with E-state index in [0.29, 0.717) is 0 Å². The Balaban J connectivity index is 2.42. The highest BCUT2D eigenvalue weighted by Crippen LogP contribution is 2.20. The molecule has 0 amide bonds. The zero-order valence-electron chi connectivity index (χ0n) is 9.39. The van der Waals surface area contributed by atoms with E-state index in [1.54, 1.807) is 0 Å². The smallest absolute Gasteiger partial charge is 0.0965 e. The molecule has 1 aromatic carbocycles. The van der Waals surface area contributed by atoms with Crippen LogP contribution in [0.2, 0.25) is 0 Å². The summed E-state index contributed by atoms with van der Waals surface area (Å²) in [5.74, 6) is 0. The number of aromatic nitrogens is 3. The van der Waals surface area contributed by atoms with Crippen molar-refractivity contribution in [2.45, 2.75) is 25.1 Å². The van der Waals surface area contributed by atoms with Crippen LogP contribution in [0.3, 0.4) is 0 Å². The third-order valence-corrected chi connectivity index (χ3v) is 3.01. The van der Waals surface area contributed by atoms with Crippen molar-refractivity contribution in [3.63, 3.8) is 0 Å². The molecular formula is C12H14BrN3. The van der Waals surface area contributed by atoms with Gasteiger partial charge < -0.3 is 0 Å². The Morgan fingerprint density at radius 3 is 2.75 bits per heavy atom. The van der Waals surface area contributed by atoms with Gasteiger partial charge in [-0.2, -0.15) is 0 Å². The molecule has 1 heterocycles. The van der Waals surface area contributed by atoms with Crippen LogP contribution < -0.4 is 0 Å². The van der Waals surface area contributed by atoms with Crippen LogP contribution in [0, 0.1) is 0 Å². The molecule has 2 rings (SSSR count). The first-order valence-corrected chi connectivity index (χ1v) is 6.28. The maximum atomic E-state index is 4.15. The van der Waals surface area contributed by atoms with Gasteiger partial charge in [0, 0.05) is 0 Å². The second-order valence-electron chi connectivity index (χ2n) is 3.69. The fraction of sp³-hybridized carbons (Fsp3) is 0.333. The number of benzene rings is 1. The Bertz CT molecular complexity index is 477. The third kappa shape index (κ3) is 2.16. The molecule has 4 heteroatoms. The number of aryl methyl sites for hydroxylation is 1. The van der Waals surface area contributed by atoms with E-state index in [0.717, 1.165) is 17.8 Å². The molecule has 1 unspecified atom stereocenters. The van der Waals surface area contributed by atoms with Gasteiger partial charge in [0.05, 0.1) is 22.4 Å². The van der Waals surface area contributed by atoms with Gasteiger partial charge in [-0.25, -0.2) is 4.68 Å². The van der Waals surface area contributed by atoms with E-state index in [-0.39, 0.29) is 4.83 Å². The highest BCUT2D eigenvalue weighted by molar-refractivity contribution is 9.09. The summed E-state index contributed by atoms with van der Waals surface area (Å²) >= 11 is 3.49. The van der Waals surface area contributed by atoms with Crippen LogP contribution in [-0.4, -0.2) is 15.0 Å². The molecule has 0 radical (unpaired) electrons. The fourth-order valence-corrected chi connectivity index (χ4v) is 1.82. The van der Waals surface area contributed by atoms with Crippen LogP contribution in [0.5, 0.6) is 0 Å². The molecule has 1 aromatic heterocycles. The summed E-state index contributed by atoms with van der Waals surface area (Å²) in [7, 11) is 0. The van der Waals surface area contributed by atoms with Crippen molar-refractivity contribution >= 4 is 15.9 Å². The van der Waals surface area contributed by atoms with Gasteiger partial charge in [-0.3, -0.25) is 0 Å². The fourth-order valence-electron chi connectivity index (χ4n) is 1.61. The normalized spacial score (nSPS) is 12.7. The van der Waals surface area contributed by atoms with E-state index in [2.05, 4.69) is 45.3 Å². The molecular weight excluding hydrogens is 266 g/mol. The molecule has 2 aromatic rings. The Hall–Kier alpha value is -1.16. The molecule has 0 saturated carbocycles. The van der Waals surface area contributed by atoms with Gasteiger partial charge in [-0.05, 0) is 25.0 Å². The van der Waals surface area contributed by atoms with Gasteiger partial charge in [-0.15, -0.1) is 5.10 Å². The van der Waals surface area contributed by atoms with Crippen LogP contribution >= 0.6 is 15.9 Å². The van der Waals surface area contributed by atoms with Gasteiger partial charge >= 0.3 is 0 Å². The zero-order valence-corrected chi connectivity index (χ0v) is 11.0. The first kappa shape index (κ1) is 11.3. The summed E-state index contributed by atoms with van der Waals surface area (Å²) in [5.41, 5.74) is 3.34. The third-order valence-electron chi connectivity index (χ3n) is 2.54. The van der Waals surface area contributed by atoms with E-state index in [1.165, 1.54) is 5.56 Å². The van der Waals surface area contributed by atoms with Crippen LogP contribution in [-0.2, 0) is 6.42 Å². The summed E-state index contributed by atoms with van der Waals surface area (Å²) in [6, 6.07) is 8.26. The lowest BCUT2D eigenvalue weighted by atomic mass is 10.1. The van der Waals surface area contributed by atoms with Gasteiger partial charge in [0.1, 0.15) is 0 Å². The average Bonchev–Trinajstić information content (AvgIpc) is 2.78. The van der Waals surface area contributed by atoms with E-state index >= 15 is 0 Å².